The summed E-state index contributed by atoms with van der Waals surface area (Å²) in [6, 6.07) is 10.1. The van der Waals surface area contributed by atoms with Gasteiger partial charge in [0.15, 0.2) is 0 Å². The van der Waals surface area contributed by atoms with Gasteiger partial charge in [-0.2, -0.15) is 18.4 Å². The molecule has 1 aliphatic heterocycles. The number of rotatable bonds is 6. The van der Waals surface area contributed by atoms with Gasteiger partial charge < -0.3 is 25.6 Å². The first-order chi connectivity index (χ1) is 18.1. The van der Waals surface area contributed by atoms with Gasteiger partial charge in [-0.3, -0.25) is 14.4 Å². The number of halogens is 3. The van der Waals surface area contributed by atoms with Crippen LogP contribution in [0.15, 0.2) is 48.5 Å². The first kappa shape index (κ1) is 29.4. The molecule has 5 unspecified atom stereocenters. The summed E-state index contributed by atoms with van der Waals surface area (Å²) in [6.45, 7) is 3.86. The van der Waals surface area contributed by atoms with Crippen molar-refractivity contribution in [1.82, 2.24) is 0 Å². The third-order valence-corrected chi connectivity index (χ3v) is 8.05. The number of hydrogen-bond acceptors (Lipinski definition) is 7. The van der Waals surface area contributed by atoms with E-state index in [2.05, 4.69) is 0 Å². The summed E-state index contributed by atoms with van der Waals surface area (Å²) >= 11 is 0. The predicted molar refractivity (Wildman–Crippen MR) is 132 cm³/mol. The summed E-state index contributed by atoms with van der Waals surface area (Å²) in [4.78, 5) is 40.5. The molecular weight excluding hydrogens is 519 g/mol. The summed E-state index contributed by atoms with van der Waals surface area (Å²) in [5, 5.41) is 30.7. The van der Waals surface area contributed by atoms with Crippen molar-refractivity contribution in [3.8, 4) is 6.07 Å². The molecule has 1 fully saturated rings. The van der Waals surface area contributed by atoms with E-state index in [1.54, 1.807) is 0 Å². The van der Waals surface area contributed by atoms with E-state index in [4.69, 9.17) is 10.5 Å². The van der Waals surface area contributed by atoms with Gasteiger partial charge in [0.25, 0.3) is 0 Å². The fourth-order valence-corrected chi connectivity index (χ4v) is 5.99. The number of carbonyl (C=O) groups excluding carboxylic acids is 1. The Balaban J connectivity index is 2.47. The van der Waals surface area contributed by atoms with Crippen LogP contribution in [-0.2, 0) is 25.3 Å². The lowest BCUT2D eigenvalue weighted by Crippen LogP contribution is -2.75. The average Bonchev–Trinajstić information content (AvgIpc) is 2.89. The number of anilines is 1. The lowest BCUT2D eigenvalue weighted by atomic mass is 9.49. The lowest BCUT2D eigenvalue weighted by Gasteiger charge is -2.61. The van der Waals surface area contributed by atoms with E-state index in [9.17, 15) is 43.0 Å². The Labute approximate surface area is 222 Å². The van der Waals surface area contributed by atoms with Crippen molar-refractivity contribution in [1.29, 1.82) is 5.26 Å². The van der Waals surface area contributed by atoms with Gasteiger partial charge in [0, 0.05) is 17.6 Å². The normalized spacial score (nSPS) is 27.8. The fourth-order valence-electron chi connectivity index (χ4n) is 5.99. The van der Waals surface area contributed by atoms with Crippen LogP contribution < -0.4 is 10.6 Å². The molecule has 0 aliphatic carbocycles. The van der Waals surface area contributed by atoms with Crippen LogP contribution in [0.4, 0.5) is 18.9 Å². The number of ether oxygens (including phenoxy) is 1. The molecule has 1 aliphatic rings. The number of carbonyl (C=O) groups is 3. The maximum Gasteiger partial charge on any atom is 0.416 e. The van der Waals surface area contributed by atoms with Crippen LogP contribution >= 0.6 is 0 Å². The molecule has 0 amide bonds. The van der Waals surface area contributed by atoms with Crippen molar-refractivity contribution >= 4 is 23.6 Å². The van der Waals surface area contributed by atoms with Crippen LogP contribution in [0.25, 0.3) is 0 Å². The second kappa shape index (κ2) is 10.2. The van der Waals surface area contributed by atoms with Gasteiger partial charge in [0.1, 0.15) is 10.8 Å². The first-order valence-electron chi connectivity index (χ1n) is 11.9. The number of aliphatic carboxylic acids is 2. The van der Waals surface area contributed by atoms with Gasteiger partial charge in [-0.1, -0.05) is 25.1 Å². The summed E-state index contributed by atoms with van der Waals surface area (Å²) in [7, 11) is 1.05. The van der Waals surface area contributed by atoms with Crippen LogP contribution in [0, 0.1) is 28.1 Å². The molecule has 0 aromatic heterocycles. The molecule has 1 saturated heterocycles. The molecule has 2 aromatic rings. The third-order valence-electron chi connectivity index (χ3n) is 8.05. The molecular formula is C27H28F3N3O6. The van der Waals surface area contributed by atoms with E-state index in [1.165, 1.54) is 51.1 Å². The Morgan fingerprint density at radius 3 is 2.18 bits per heavy atom. The third kappa shape index (κ3) is 4.46. The van der Waals surface area contributed by atoms with Gasteiger partial charge in [0.2, 0.25) is 0 Å². The zero-order valence-corrected chi connectivity index (χ0v) is 21.6. The molecule has 4 N–H and O–H groups in total. The minimum Gasteiger partial charge on any atom is -0.481 e. The smallest absolute Gasteiger partial charge is 0.416 e. The number of nitriles is 1. The number of nitrogens with zero attached hydrogens (tertiary/aromatic N) is 2. The number of hydrogen-bond donors (Lipinski definition) is 3. The molecule has 0 spiro atoms. The van der Waals surface area contributed by atoms with E-state index in [-0.39, 0.29) is 16.8 Å². The summed E-state index contributed by atoms with van der Waals surface area (Å²) < 4.78 is 45.7. The quantitative estimate of drug-likeness (QED) is 0.458. The van der Waals surface area contributed by atoms with Crippen LogP contribution in [-0.4, -0.2) is 47.4 Å². The zero-order chi connectivity index (χ0) is 29.5. The van der Waals surface area contributed by atoms with Gasteiger partial charge in [0.05, 0.1) is 36.4 Å². The van der Waals surface area contributed by atoms with Gasteiger partial charge >= 0.3 is 24.1 Å². The van der Waals surface area contributed by atoms with Crippen molar-refractivity contribution in [2.24, 2.45) is 22.5 Å². The lowest BCUT2D eigenvalue weighted by molar-refractivity contribution is -0.180. The van der Waals surface area contributed by atoms with E-state index < -0.39 is 64.5 Å². The number of methoxy groups -OCH3 is 1. The molecule has 0 saturated carbocycles. The number of nitrogens with two attached hydrogens (primary N) is 1. The summed E-state index contributed by atoms with van der Waals surface area (Å²) in [6.07, 6.45) is -6.30. The van der Waals surface area contributed by atoms with Crippen LogP contribution in [0.3, 0.4) is 0 Å². The Morgan fingerprint density at radius 1 is 1.13 bits per heavy atom. The van der Waals surface area contributed by atoms with Crippen molar-refractivity contribution in [2.75, 3.05) is 12.0 Å². The highest BCUT2D eigenvalue weighted by Crippen LogP contribution is 2.61. The minimum absolute atomic E-state index is 0.168. The highest BCUT2D eigenvalue weighted by atomic mass is 19.4. The van der Waals surface area contributed by atoms with E-state index in [1.807, 2.05) is 6.07 Å². The number of carboxylic acid groups (broad SMARTS) is 2. The molecule has 12 heteroatoms. The van der Waals surface area contributed by atoms with Crippen molar-refractivity contribution in [3.63, 3.8) is 0 Å². The van der Waals surface area contributed by atoms with E-state index in [0.29, 0.717) is 0 Å². The van der Waals surface area contributed by atoms with Crippen molar-refractivity contribution < 1.29 is 42.5 Å². The molecule has 9 nitrogen and oxygen atoms in total. The minimum atomic E-state index is -4.75. The molecule has 0 bridgehead atoms. The molecule has 2 aromatic carbocycles. The number of alkyl halides is 3. The highest BCUT2D eigenvalue weighted by molar-refractivity contribution is 5.90. The molecule has 3 rings (SSSR count). The Kier molecular flexibility index (Phi) is 7.72. The van der Waals surface area contributed by atoms with Crippen molar-refractivity contribution in [3.05, 3.63) is 65.2 Å². The number of carboxylic acids is 2. The Morgan fingerprint density at radius 2 is 1.72 bits per heavy atom. The molecule has 0 radical (unpaired) electrons. The Bertz CT molecular complexity index is 1330. The molecule has 1 heterocycles. The Hall–Kier alpha value is -4.11. The number of benzene rings is 2. The largest absolute Gasteiger partial charge is 0.481 e. The topological polar surface area (TPSA) is 154 Å². The number of piperidine rings is 1. The van der Waals surface area contributed by atoms with Gasteiger partial charge in [-0.05, 0) is 49.7 Å². The predicted octanol–water partition coefficient (Wildman–Crippen LogP) is 3.83. The number of esters is 1. The SMILES string of the molecule is COC(=O)[C@@H](C)C1(C(=O)O)C(C)N(c2cccc(C(F)(F)F)c2)C(N)C(C)(C(=O)O)C1c1ccc(C#N)cc1. The standard InChI is InChI=1S/C27H28F3N3O6/c1-14(21(34)39-4)26(24(37)38)15(2)33(19-7-5-6-18(12-19)27(28,29)30)22(32)25(3,23(35)36)20(26)17-10-8-16(13-31)9-11-17/h5-12,14-15,20,22H,32H2,1-4H3,(H,35,36)(H,37,38)/t14-,15?,20?,22?,25?,26?/m1/s1. The fraction of sp³-hybridized carbons (Fsp3) is 0.407. The molecule has 39 heavy (non-hydrogen) atoms. The second-order valence-corrected chi connectivity index (χ2v) is 9.81. The highest BCUT2D eigenvalue weighted by Gasteiger charge is 2.71. The van der Waals surface area contributed by atoms with E-state index >= 15 is 0 Å². The maximum absolute atomic E-state index is 13.6. The monoisotopic (exact) mass is 547 g/mol. The van der Waals surface area contributed by atoms with Crippen LogP contribution in [0.5, 0.6) is 0 Å². The average molecular weight is 548 g/mol. The van der Waals surface area contributed by atoms with Gasteiger partial charge in [-0.15, -0.1) is 0 Å². The zero-order valence-electron chi connectivity index (χ0n) is 21.6. The molecule has 208 valence electrons. The molecule has 6 atom stereocenters. The first-order valence-corrected chi connectivity index (χ1v) is 11.9. The van der Waals surface area contributed by atoms with Crippen LogP contribution in [0.1, 0.15) is 43.4 Å². The second-order valence-electron chi connectivity index (χ2n) is 9.81. The van der Waals surface area contributed by atoms with Crippen LogP contribution in [0.2, 0.25) is 0 Å². The van der Waals surface area contributed by atoms with Crippen molar-refractivity contribution in [2.45, 2.75) is 45.1 Å². The maximum atomic E-state index is 13.6. The van der Waals surface area contributed by atoms with E-state index in [0.717, 1.165) is 30.2 Å². The summed E-state index contributed by atoms with van der Waals surface area (Å²) in [5.41, 5.74) is 1.28. The summed E-state index contributed by atoms with van der Waals surface area (Å²) in [5.74, 6) is -7.05. The van der Waals surface area contributed by atoms with Gasteiger partial charge in [-0.25, -0.2) is 0 Å².